The number of rotatable bonds is 3. The van der Waals surface area contributed by atoms with Crippen LogP contribution in [0.3, 0.4) is 0 Å². The smallest absolute Gasteiger partial charge is 0.337 e. The molecule has 7 nitrogen and oxygen atoms in total. The highest BCUT2D eigenvalue weighted by atomic mass is 32.1. The molecule has 0 saturated carbocycles. The maximum absolute atomic E-state index is 12.5. The van der Waals surface area contributed by atoms with E-state index in [2.05, 4.69) is 5.32 Å². The zero-order valence-electron chi connectivity index (χ0n) is 14.1. The lowest BCUT2D eigenvalue weighted by Gasteiger charge is -2.38. The van der Waals surface area contributed by atoms with Crippen LogP contribution in [0.4, 0.5) is 0 Å². The minimum atomic E-state index is -0.692. The lowest BCUT2D eigenvalue weighted by Crippen LogP contribution is -2.50. The van der Waals surface area contributed by atoms with Crippen molar-refractivity contribution in [3.05, 3.63) is 35.0 Å². The fourth-order valence-electron chi connectivity index (χ4n) is 2.94. The maximum Gasteiger partial charge on any atom is 0.337 e. The van der Waals surface area contributed by atoms with Crippen LogP contribution in [-0.4, -0.2) is 35.8 Å². The van der Waals surface area contributed by atoms with E-state index >= 15 is 0 Å². The molecule has 2 aliphatic rings. The monoisotopic (exact) mass is 362 g/mol. The Labute approximate surface area is 150 Å². The standard InChI is InChI=1S/C17H18N2O5S/c1-4-13(20)19-15(10-5-6-11-12(7-10)24-8-23-11)14(16(21)22-3)9(2)18-17(19)25/h5-7,15H,4,8H2,1-3H3,(H,18,25)/t15-/m0/s1. The fourth-order valence-corrected chi connectivity index (χ4v) is 3.30. The van der Waals surface area contributed by atoms with Crippen LogP contribution in [-0.2, 0) is 14.3 Å². The lowest BCUT2D eigenvalue weighted by atomic mass is 9.93. The fraction of sp³-hybridized carbons (Fsp3) is 0.353. The van der Waals surface area contributed by atoms with Gasteiger partial charge >= 0.3 is 5.97 Å². The minimum Gasteiger partial charge on any atom is -0.466 e. The second kappa shape index (κ2) is 6.72. The number of thiocarbonyl (C=S) groups is 1. The molecular formula is C17H18N2O5S. The predicted molar refractivity (Wildman–Crippen MR) is 92.9 cm³/mol. The summed E-state index contributed by atoms with van der Waals surface area (Å²) < 4.78 is 15.7. The van der Waals surface area contributed by atoms with Crippen LogP contribution in [0.25, 0.3) is 0 Å². The van der Waals surface area contributed by atoms with Gasteiger partial charge in [0.2, 0.25) is 12.7 Å². The number of nitrogens with one attached hydrogen (secondary N) is 1. The van der Waals surface area contributed by atoms with Gasteiger partial charge in [0.1, 0.15) is 0 Å². The molecule has 0 bridgehead atoms. The summed E-state index contributed by atoms with van der Waals surface area (Å²) in [4.78, 5) is 26.3. The summed E-state index contributed by atoms with van der Waals surface area (Å²) in [5.74, 6) is 0.458. The molecule has 1 atom stereocenters. The number of methoxy groups -OCH3 is 1. The average Bonchev–Trinajstić information content (AvgIpc) is 3.07. The van der Waals surface area contributed by atoms with Crippen molar-refractivity contribution in [3.63, 3.8) is 0 Å². The molecule has 25 heavy (non-hydrogen) atoms. The molecule has 1 N–H and O–H groups in total. The Balaban J connectivity index is 2.16. The third kappa shape index (κ3) is 2.93. The highest BCUT2D eigenvalue weighted by molar-refractivity contribution is 7.80. The molecule has 132 valence electrons. The SMILES string of the molecule is CCC(=O)N1C(=S)NC(C)=C(C(=O)OC)[C@@H]1c1ccc2c(c1)OCO2. The summed E-state index contributed by atoms with van der Waals surface area (Å²) in [5.41, 5.74) is 1.58. The lowest BCUT2D eigenvalue weighted by molar-refractivity contribution is -0.137. The van der Waals surface area contributed by atoms with Crippen LogP contribution in [0.5, 0.6) is 11.5 Å². The van der Waals surface area contributed by atoms with Gasteiger partial charge in [0, 0.05) is 12.1 Å². The zero-order chi connectivity index (χ0) is 18.1. The van der Waals surface area contributed by atoms with Crippen molar-refractivity contribution < 1.29 is 23.8 Å². The van der Waals surface area contributed by atoms with Gasteiger partial charge in [-0.3, -0.25) is 9.69 Å². The van der Waals surface area contributed by atoms with Crippen LogP contribution in [0.15, 0.2) is 29.5 Å². The highest BCUT2D eigenvalue weighted by Gasteiger charge is 2.39. The summed E-state index contributed by atoms with van der Waals surface area (Å²) in [6.07, 6.45) is 0.246. The molecule has 0 unspecified atom stereocenters. The molecular weight excluding hydrogens is 344 g/mol. The van der Waals surface area contributed by atoms with Gasteiger partial charge in [-0.05, 0) is 36.8 Å². The van der Waals surface area contributed by atoms with Gasteiger partial charge in [-0.15, -0.1) is 0 Å². The Morgan fingerprint density at radius 3 is 2.76 bits per heavy atom. The van der Waals surface area contributed by atoms with E-state index in [1.165, 1.54) is 12.0 Å². The second-order valence-corrected chi connectivity index (χ2v) is 5.98. The number of carbonyl (C=O) groups excluding carboxylic acids is 2. The Morgan fingerprint density at radius 1 is 1.36 bits per heavy atom. The molecule has 3 rings (SSSR count). The van der Waals surface area contributed by atoms with Crippen molar-refractivity contribution in [2.45, 2.75) is 26.3 Å². The van der Waals surface area contributed by atoms with Gasteiger partial charge in [-0.25, -0.2) is 4.79 Å². The van der Waals surface area contributed by atoms with E-state index in [-0.39, 0.29) is 24.2 Å². The molecule has 1 amide bonds. The first-order chi connectivity index (χ1) is 12.0. The Bertz CT molecular complexity index is 789. The normalized spacial score (nSPS) is 18.9. The summed E-state index contributed by atoms with van der Waals surface area (Å²) in [7, 11) is 1.30. The summed E-state index contributed by atoms with van der Waals surface area (Å²) in [6, 6.07) is 4.61. The maximum atomic E-state index is 12.5. The predicted octanol–water partition coefficient (Wildman–Crippen LogP) is 2.03. The quantitative estimate of drug-likeness (QED) is 0.651. The van der Waals surface area contributed by atoms with Crippen molar-refractivity contribution in [2.75, 3.05) is 13.9 Å². The number of carbonyl (C=O) groups is 2. The van der Waals surface area contributed by atoms with E-state index in [4.69, 9.17) is 26.4 Å². The molecule has 0 fully saturated rings. The Kier molecular flexibility index (Phi) is 4.63. The molecule has 2 heterocycles. The first-order valence-corrected chi connectivity index (χ1v) is 8.20. The molecule has 0 saturated heterocycles. The van der Waals surface area contributed by atoms with Gasteiger partial charge in [-0.1, -0.05) is 13.0 Å². The number of nitrogens with zero attached hydrogens (tertiary/aromatic N) is 1. The van der Waals surface area contributed by atoms with Crippen molar-refractivity contribution >= 4 is 29.2 Å². The van der Waals surface area contributed by atoms with Crippen LogP contribution in [0.1, 0.15) is 31.9 Å². The van der Waals surface area contributed by atoms with Crippen LogP contribution in [0.2, 0.25) is 0 Å². The number of hydrogen-bond donors (Lipinski definition) is 1. The van der Waals surface area contributed by atoms with E-state index in [9.17, 15) is 9.59 Å². The molecule has 1 aromatic carbocycles. The van der Waals surface area contributed by atoms with Gasteiger partial charge in [0.05, 0.1) is 18.7 Å². The van der Waals surface area contributed by atoms with E-state index in [0.717, 1.165) is 0 Å². The van der Waals surface area contributed by atoms with E-state index in [1.807, 2.05) is 0 Å². The number of ether oxygens (including phenoxy) is 3. The minimum absolute atomic E-state index is 0.139. The number of hydrogen-bond acceptors (Lipinski definition) is 6. The van der Waals surface area contributed by atoms with Crippen molar-refractivity contribution in [1.29, 1.82) is 0 Å². The molecule has 1 aromatic rings. The second-order valence-electron chi connectivity index (χ2n) is 5.59. The molecule has 0 radical (unpaired) electrons. The van der Waals surface area contributed by atoms with Crippen molar-refractivity contribution in [3.8, 4) is 11.5 Å². The number of benzene rings is 1. The van der Waals surface area contributed by atoms with E-state index in [0.29, 0.717) is 28.3 Å². The first kappa shape index (κ1) is 17.2. The third-order valence-corrected chi connectivity index (χ3v) is 4.44. The highest BCUT2D eigenvalue weighted by Crippen LogP contribution is 2.40. The third-order valence-electron chi connectivity index (χ3n) is 4.14. The van der Waals surface area contributed by atoms with E-state index < -0.39 is 12.0 Å². The molecule has 8 heteroatoms. The van der Waals surface area contributed by atoms with Crippen LogP contribution in [0, 0.1) is 0 Å². The number of allylic oxidation sites excluding steroid dienone is 1. The summed E-state index contributed by atoms with van der Waals surface area (Å²) in [6.45, 7) is 3.61. The van der Waals surface area contributed by atoms with Crippen molar-refractivity contribution in [1.82, 2.24) is 10.2 Å². The van der Waals surface area contributed by atoms with Gasteiger partial charge in [0.15, 0.2) is 16.6 Å². The molecule has 0 aromatic heterocycles. The molecule has 0 aliphatic carbocycles. The van der Waals surface area contributed by atoms with Crippen LogP contribution < -0.4 is 14.8 Å². The Hall–Kier alpha value is -2.61. The largest absolute Gasteiger partial charge is 0.466 e. The zero-order valence-corrected chi connectivity index (χ0v) is 14.9. The Morgan fingerprint density at radius 2 is 2.08 bits per heavy atom. The van der Waals surface area contributed by atoms with Gasteiger partial charge < -0.3 is 19.5 Å². The van der Waals surface area contributed by atoms with Gasteiger partial charge in [-0.2, -0.15) is 0 Å². The molecule has 2 aliphatic heterocycles. The van der Waals surface area contributed by atoms with Crippen molar-refractivity contribution in [2.24, 2.45) is 0 Å². The summed E-state index contributed by atoms with van der Waals surface area (Å²) in [5, 5.41) is 3.17. The number of esters is 1. The van der Waals surface area contributed by atoms with E-state index in [1.54, 1.807) is 32.0 Å². The number of amides is 1. The first-order valence-electron chi connectivity index (χ1n) is 7.79. The topological polar surface area (TPSA) is 77.1 Å². The summed E-state index contributed by atoms with van der Waals surface area (Å²) >= 11 is 5.35. The molecule has 0 spiro atoms. The van der Waals surface area contributed by atoms with Crippen LogP contribution >= 0.6 is 12.2 Å². The number of fused-ring (bicyclic) bond motifs is 1. The van der Waals surface area contributed by atoms with Gasteiger partial charge in [0.25, 0.3) is 0 Å². The average molecular weight is 362 g/mol.